The second kappa shape index (κ2) is 7.52. The van der Waals surface area contributed by atoms with Crippen LogP contribution in [0.3, 0.4) is 0 Å². The highest BCUT2D eigenvalue weighted by atomic mass is 35.5. The lowest BCUT2D eigenvalue weighted by Gasteiger charge is -2.32. The van der Waals surface area contributed by atoms with Crippen molar-refractivity contribution in [1.29, 1.82) is 0 Å². The number of amides is 2. The molecule has 0 saturated carbocycles. The number of halogens is 1. The predicted molar refractivity (Wildman–Crippen MR) is 84.2 cm³/mol. The van der Waals surface area contributed by atoms with Crippen molar-refractivity contribution >= 4 is 17.6 Å². The molecule has 1 N–H and O–H groups in total. The SMILES string of the molecule is Cc1cc(Cl)ccc1OCCNC(=O)N1CCN(C)CC1. The average Bonchev–Trinajstić information content (AvgIpc) is 2.46. The van der Waals surface area contributed by atoms with Gasteiger partial charge in [-0.15, -0.1) is 0 Å². The van der Waals surface area contributed by atoms with Crippen molar-refractivity contribution in [2.75, 3.05) is 46.4 Å². The fourth-order valence-electron chi connectivity index (χ4n) is 2.22. The summed E-state index contributed by atoms with van der Waals surface area (Å²) in [6.07, 6.45) is 0. The maximum Gasteiger partial charge on any atom is 0.317 e. The first kappa shape index (κ1) is 15.9. The van der Waals surface area contributed by atoms with Crippen LogP contribution in [0, 0.1) is 6.92 Å². The van der Waals surface area contributed by atoms with Gasteiger partial charge in [-0.3, -0.25) is 0 Å². The number of aryl methyl sites for hydroxylation is 1. The quantitative estimate of drug-likeness (QED) is 0.865. The molecule has 0 radical (unpaired) electrons. The van der Waals surface area contributed by atoms with Crippen LogP contribution in [0.5, 0.6) is 5.75 Å². The van der Waals surface area contributed by atoms with Crippen molar-refractivity contribution in [3.05, 3.63) is 28.8 Å². The summed E-state index contributed by atoms with van der Waals surface area (Å²) < 4.78 is 5.65. The zero-order valence-electron chi connectivity index (χ0n) is 12.6. The first-order valence-electron chi connectivity index (χ1n) is 7.16. The van der Waals surface area contributed by atoms with Crippen molar-refractivity contribution in [3.63, 3.8) is 0 Å². The van der Waals surface area contributed by atoms with Gasteiger partial charge in [-0.25, -0.2) is 4.79 Å². The number of hydrogen-bond donors (Lipinski definition) is 1. The number of nitrogens with one attached hydrogen (secondary N) is 1. The number of likely N-dealkylation sites (N-methyl/N-ethyl adjacent to an activating group) is 1. The number of hydrogen-bond acceptors (Lipinski definition) is 3. The normalized spacial score (nSPS) is 15.9. The Morgan fingerprint density at radius 3 is 2.71 bits per heavy atom. The molecule has 2 rings (SSSR count). The number of piperazine rings is 1. The highest BCUT2D eigenvalue weighted by Crippen LogP contribution is 2.21. The number of ether oxygens (including phenoxy) is 1. The molecule has 1 heterocycles. The molecule has 116 valence electrons. The Bertz CT molecular complexity index is 488. The van der Waals surface area contributed by atoms with Crippen molar-refractivity contribution < 1.29 is 9.53 Å². The van der Waals surface area contributed by atoms with Gasteiger partial charge in [0.1, 0.15) is 12.4 Å². The molecular formula is C15H22ClN3O2. The average molecular weight is 312 g/mol. The molecule has 0 aromatic heterocycles. The summed E-state index contributed by atoms with van der Waals surface area (Å²) in [6.45, 7) is 6.29. The third-order valence-corrected chi connectivity index (χ3v) is 3.80. The first-order chi connectivity index (χ1) is 10.1. The number of nitrogens with zero attached hydrogens (tertiary/aromatic N) is 2. The Morgan fingerprint density at radius 2 is 2.05 bits per heavy atom. The molecule has 21 heavy (non-hydrogen) atoms. The van der Waals surface area contributed by atoms with Gasteiger partial charge < -0.3 is 19.9 Å². The first-order valence-corrected chi connectivity index (χ1v) is 7.54. The number of carbonyl (C=O) groups excluding carboxylic acids is 1. The smallest absolute Gasteiger partial charge is 0.317 e. The van der Waals surface area contributed by atoms with Crippen LogP contribution >= 0.6 is 11.6 Å². The summed E-state index contributed by atoms with van der Waals surface area (Å²) in [4.78, 5) is 16.0. The van der Waals surface area contributed by atoms with Crippen LogP contribution in [0.15, 0.2) is 18.2 Å². The third-order valence-electron chi connectivity index (χ3n) is 3.56. The van der Waals surface area contributed by atoms with E-state index in [4.69, 9.17) is 16.3 Å². The predicted octanol–water partition coefficient (Wildman–Crippen LogP) is 1.98. The summed E-state index contributed by atoms with van der Waals surface area (Å²) >= 11 is 5.89. The molecule has 1 saturated heterocycles. The van der Waals surface area contributed by atoms with E-state index in [1.807, 2.05) is 24.0 Å². The number of rotatable bonds is 4. The summed E-state index contributed by atoms with van der Waals surface area (Å²) in [6, 6.07) is 5.49. The molecule has 1 aromatic rings. The van der Waals surface area contributed by atoms with Gasteiger partial charge in [0.15, 0.2) is 0 Å². The molecule has 0 aliphatic carbocycles. The molecule has 0 spiro atoms. The topological polar surface area (TPSA) is 44.8 Å². The number of carbonyl (C=O) groups is 1. The fraction of sp³-hybridized carbons (Fsp3) is 0.533. The summed E-state index contributed by atoms with van der Waals surface area (Å²) in [5.41, 5.74) is 0.993. The molecular weight excluding hydrogens is 290 g/mol. The molecule has 1 aliphatic heterocycles. The minimum atomic E-state index is -0.0143. The molecule has 1 aliphatic rings. The number of benzene rings is 1. The maximum atomic E-state index is 12.0. The van der Waals surface area contributed by atoms with E-state index >= 15 is 0 Å². The standard InChI is InChI=1S/C15H22ClN3O2/c1-12-11-13(16)3-4-14(12)21-10-5-17-15(20)19-8-6-18(2)7-9-19/h3-4,11H,5-10H2,1-2H3,(H,17,20). The minimum absolute atomic E-state index is 0.0143. The van der Waals surface area contributed by atoms with Crippen molar-refractivity contribution in [1.82, 2.24) is 15.1 Å². The summed E-state index contributed by atoms with van der Waals surface area (Å²) in [7, 11) is 2.07. The van der Waals surface area contributed by atoms with Crippen LogP contribution < -0.4 is 10.1 Å². The van der Waals surface area contributed by atoms with E-state index in [1.165, 1.54) is 0 Å². The van der Waals surface area contributed by atoms with Crippen molar-refractivity contribution in [2.45, 2.75) is 6.92 Å². The molecule has 0 atom stereocenters. The van der Waals surface area contributed by atoms with Gasteiger partial charge in [0.2, 0.25) is 0 Å². The zero-order chi connectivity index (χ0) is 15.2. The summed E-state index contributed by atoms with van der Waals surface area (Å²) in [5.74, 6) is 0.799. The fourth-order valence-corrected chi connectivity index (χ4v) is 2.44. The Balaban J connectivity index is 1.68. The highest BCUT2D eigenvalue weighted by Gasteiger charge is 2.18. The van der Waals surface area contributed by atoms with Crippen LogP contribution in [0.1, 0.15) is 5.56 Å². The number of urea groups is 1. The second-order valence-electron chi connectivity index (χ2n) is 5.28. The molecule has 5 nitrogen and oxygen atoms in total. The van der Waals surface area contributed by atoms with Crippen molar-refractivity contribution in [3.8, 4) is 5.75 Å². The Hall–Kier alpha value is -1.46. The van der Waals surface area contributed by atoms with Gasteiger partial charge in [0, 0.05) is 31.2 Å². The lowest BCUT2D eigenvalue weighted by atomic mass is 10.2. The van der Waals surface area contributed by atoms with Crippen molar-refractivity contribution in [2.24, 2.45) is 0 Å². The van der Waals surface area contributed by atoms with E-state index in [9.17, 15) is 4.79 Å². The van der Waals surface area contributed by atoms with Gasteiger partial charge in [-0.1, -0.05) is 11.6 Å². The van der Waals surface area contributed by atoms with E-state index in [1.54, 1.807) is 6.07 Å². The monoisotopic (exact) mass is 311 g/mol. The van der Waals surface area contributed by atoms with Crippen LogP contribution in [0.4, 0.5) is 4.79 Å². The van der Waals surface area contributed by atoms with Crippen LogP contribution in [0.25, 0.3) is 0 Å². The molecule has 0 bridgehead atoms. The van der Waals surface area contributed by atoms with Crippen LogP contribution in [-0.4, -0.2) is 62.2 Å². The zero-order valence-corrected chi connectivity index (χ0v) is 13.3. The molecule has 1 aromatic carbocycles. The largest absolute Gasteiger partial charge is 0.491 e. The molecule has 2 amide bonds. The Labute approximate surface area is 130 Å². The van der Waals surface area contributed by atoms with Gasteiger partial charge in [-0.05, 0) is 37.7 Å². The van der Waals surface area contributed by atoms with E-state index in [-0.39, 0.29) is 6.03 Å². The minimum Gasteiger partial charge on any atom is -0.491 e. The molecule has 1 fully saturated rings. The maximum absolute atomic E-state index is 12.0. The Kier molecular flexibility index (Phi) is 5.70. The van der Waals surface area contributed by atoms with Gasteiger partial charge in [0.25, 0.3) is 0 Å². The second-order valence-corrected chi connectivity index (χ2v) is 5.72. The Morgan fingerprint density at radius 1 is 1.33 bits per heavy atom. The lowest BCUT2D eigenvalue weighted by molar-refractivity contribution is 0.153. The van der Waals surface area contributed by atoms with E-state index in [2.05, 4.69) is 17.3 Å². The van der Waals surface area contributed by atoms with Crippen LogP contribution in [0.2, 0.25) is 5.02 Å². The summed E-state index contributed by atoms with van der Waals surface area (Å²) in [5, 5.41) is 3.58. The van der Waals surface area contributed by atoms with E-state index < -0.39 is 0 Å². The lowest BCUT2D eigenvalue weighted by Crippen LogP contribution is -2.51. The van der Waals surface area contributed by atoms with E-state index in [0.717, 1.165) is 37.5 Å². The highest BCUT2D eigenvalue weighted by molar-refractivity contribution is 6.30. The van der Waals surface area contributed by atoms with Gasteiger partial charge in [-0.2, -0.15) is 0 Å². The third kappa shape index (κ3) is 4.79. The molecule has 0 unspecified atom stereocenters. The van der Waals surface area contributed by atoms with Gasteiger partial charge >= 0.3 is 6.03 Å². The molecule has 6 heteroatoms. The van der Waals surface area contributed by atoms with Crippen LogP contribution in [-0.2, 0) is 0 Å². The van der Waals surface area contributed by atoms with E-state index in [0.29, 0.717) is 18.2 Å². The van der Waals surface area contributed by atoms with Gasteiger partial charge in [0.05, 0.1) is 6.54 Å².